The lowest BCUT2D eigenvalue weighted by Crippen LogP contribution is -2.54. The lowest BCUT2D eigenvalue weighted by Gasteiger charge is -2.36. The molecule has 0 saturated carbocycles. The van der Waals surface area contributed by atoms with Crippen molar-refractivity contribution in [2.24, 2.45) is 0 Å². The van der Waals surface area contributed by atoms with Crippen molar-refractivity contribution in [2.45, 2.75) is 31.7 Å². The molecule has 0 spiro atoms. The summed E-state index contributed by atoms with van der Waals surface area (Å²) in [4.78, 5) is 51.5. The van der Waals surface area contributed by atoms with Gasteiger partial charge in [-0.1, -0.05) is 0 Å². The molecule has 4 amide bonds. The molecule has 27 heavy (non-hydrogen) atoms. The molecule has 1 aromatic carbocycles. The number of rotatable bonds is 2. The number of aryl methyl sites for hydroxylation is 1. The molecule has 3 aliphatic heterocycles. The van der Waals surface area contributed by atoms with E-state index in [1.165, 1.54) is 0 Å². The molecule has 8 nitrogen and oxygen atoms in total. The highest BCUT2D eigenvalue weighted by Crippen LogP contribution is 2.24. The topological polar surface area (TPSA) is 98.8 Å². The summed E-state index contributed by atoms with van der Waals surface area (Å²) >= 11 is 0. The van der Waals surface area contributed by atoms with E-state index < -0.39 is 6.04 Å². The van der Waals surface area contributed by atoms with E-state index in [1.54, 1.807) is 21.9 Å². The lowest BCUT2D eigenvalue weighted by atomic mass is 10.00. The Balaban J connectivity index is 1.37. The third-order valence-corrected chi connectivity index (χ3v) is 5.42. The van der Waals surface area contributed by atoms with Gasteiger partial charge in [-0.15, -0.1) is 0 Å². The van der Waals surface area contributed by atoms with Crippen molar-refractivity contribution in [1.82, 2.24) is 15.1 Å². The summed E-state index contributed by atoms with van der Waals surface area (Å²) in [5.41, 5.74) is 2.36. The third-order valence-electron chi connectivity index (χ3n) is 5.42. The molecular weight excluding hydrogens is 348 g/mol. The molecule has 1 atom stereocenters. The van der Waals surface area contributed by atoms with Gasteiger partial charge in [0.05, 0.1) is 0 Å². The molecule has 4 rings (SSSR count). The van der Waals surface area contributed by atoms with Crippen molar-refractivity contribution < 1.29 is 19.2 Å². The number of benzene rings is 1. The van der Waals surface area contributed by atoms with Gasteiger partial charge in [-0.3, -0.25) is 19.2 Å². The van der Waals surface area contributed by atoms with Crippen LogP contribution in [0.25, 0.3) is 0 Å². The van der Waals surface area contributed by atoms with Gasteiger partial charge in [0, 0.05) is 50.3 Å². The fourth-order valence-corrected chi connectivity index (χ4v) is 3.85. The molecular formula is C19H22N4O4. The maximum Gasteiger partial charge on any atom is 0.253 e. The highest BCUT2D eigenvalue weighted by molar-refractivity contribution is 5.98. The van der Waals surface area contributed by atoms with Gasteiger partial charge in [0.2, 0.25) is 17.7 Å². The number of nitrogens with zero attached hydrogens (tertiary/aromatic N) is 2. The van der Waals surface area contributed by atoms with E-state index in [-0.39, 0.29) is 23.6 Å². The first-order valence-electron chi connectivity index (χ1n) is 9.31. The van der Waals surface area contributed by atoms with E-state index in [9.17, 15) is 19.2 Å². The Morgan fingerprint density at radius 2 is 1.67 bits per heavy atom. The zero-order valence-electron chi connectivity index (χ0n) is 15.0. The van der Waals surface area contributed by atoms with Crippen LogP contribution in [0.3, 0.4) is 0 Å². The van der Waals surface area contributed by atoms with E-state index in [2.05, 4.69) is 10.6 Å². The number of nitrogens with one attached hydrogen (secondary N) is 2. The molecule has 0 bridgehead atoms. The van der Waals surface area contributed by atoms with Gasteiger partial charge in [-0.25, -0.2) is 0 Å². The molecule has 3 aliphatic rings. The first-order valence-corrected chi connectivity index (χ1v) is 9.31. The van der Waals surface area contributed by atoms with Gasteiger partial charge < -0.3 is 20.4 Å². The van der Waals surface area contributed by atoms with Crippen LogP contribution < -0.4 is 10.6 Å². The fraction of sp³-hybridized carbons (Fsp3) is 0.474. The molecule has 2 N–H and O–H groups in total. The standard InChI is InChI=1S/C19H22N4O4/c24-16-5-2-12-11-13(1-3-14(12)20-16)18(26)22-7-9-23(10-8-22)19(27)15-4-6-17(25)21-15/h1,3,11,15H,2,4-10H2,(H,20,24)(H,21,25). The molecule has 1 unspecified atom stereocenters. The highest BCUT2D eigenvalue weighted by atomic mass is 16.2. The SMILES string of the molecule is O=C1CCc2cc(C(=O)N3CCN(C(=O)C4CCC(=O)N4)CC3)ccc2N1. The molecule has 0 aliphatic carbocycles. The number of anilines is 1. The van der Waals surface area contributed by atoms with E-state index in [1.807, 2.05) is 6.07 Å². The summed E-state index contributed by atoms with van der Waals surface area (Å²) in [5.74, 6) is -0.194. The van der Waals surface area contributed by atoms with E-state index in [0.717, 1.165) is 11.3 Å². The van der Waals surface area contributed by atoms with Gasteiger partial charge in [-0.2, -0.15) is 0 Å². The average Bonchev–Trinajstić information content (AvgIpc) is 3.13. The number of carbonyl (C=O) groups is 4. The summed E-state index contributed by atoms with van der Waals surface area (Å²) in [6.45, 7) is 1.88. The number of hydrogen-bond donors (Lipinski definition) is 2. The van der Waals surface area contributed by atoms with Crippen molar-refractivity contribution >= 4 is 29.3 Å². The van der Waals surface area contributed by atoms with Crippen LogP contribution in [0.1, 0.15) is 35.2 Å². The predicted octanol–water partition coefficient (Wildman–Crippen LogP) is 0.134. The van der Waals surface area contributed by atoms with Crippen molar-refractivity contribution in [1.29, 1.82) is 0 Å². The summed E-state index contributed by atoms with van der Waals surface area (Å²) in [6, 6.07) is 4.94. The summed E-state index contributed by atoms with van der Waals surface area (Å²) < 4.78 is 0. The molecule has 0 radical (unpaired) electrons. The maximum absolute atomic E-state index is 12.8. The van der Waals surface area contributed by atoms with Gasteiger partial charge in [0.25, 0.3) is 5.91 Å². The van der Waals surface area contributed by atoms with Crippen molar-refractivity contribution in [3.05, 3.63) is 29.3 Å². The normalized spacial score (nSPS) is 22.1. The Morgan fingerprint density at radius 3 is 2.37 bits per heavy atom. The van der Waals surface area contributed by atoms with Crippen LogP contribution in [0.2, 0.25) is 0 Å². The monoisotopic (exact) mass is 370 g/mol. The number of hydrogen-bond acceptors (Lipinski definition) is 4. The van der Waals surface area contributed by atoms with Crippen LogP contribution in [0.15, 0.2) is 18.2 Å². The quantitative estimate of drug-likeness (QED) is 0.773. The average molecular weight is 370 g/mol. The van der Waals surface area contributed by atoms with E-state index in [0.29, 0.717) is 57.4 Å². The molecule has 142 valence electrons. The number of amides is 4. The zero-order valence-corrected chi connectivity index (χ0v) is 15.0. The molecule has 1 aromatic rings. The molecule has 3 heterocycles. The van der Waals surface area contributed by atoms with Gasteiger partial charge in [-0.05, 0) is 36.6 Å². The highest BCUT2D eigenvalue weighted by Gasteiger charge is 2.33. The lowest BCUT2D eigenvalue weighted by molar-refractivity contribution is -0.135. The largest absolute Gasteiger partial charge is 0.344 e. The van der Waals surface area contributed by atoms with Gasteiger partial charge in [0.1, 0.15) is 6.04 Å². The fourth-order valence-electron chi connectivity index (χ4n) is 3.85. The third kappa shape index (κ3) is 3.51. The predicted molar refractivity (Wildman–Crippen MR) is 97.0 cm³/mol. The smallest absolute Gasteiger partial charge is 0.253 e. The molecule has 0 aromatic heterocycles. The molecule has 8 heteroatoms. The second-order valence-corrected chi connectivity index (χ2v) is 7.20. The van der Waals surface area contributed by atoms with Crippen LogP contribution in [-0.4, -0.2) is 65.6 Å². The van der Waals surface area contributed by atoms with Crippen molar-refractivity contribution in [3.8, 4) is 0 Å². The Hall–Kier alpha value is -2.90. The van der Waals surface area contributed by atoms with E-state index in [4.69, 9.17) is 0 Å². The first kappa shape index (κ1) is 17.5. The minimum absolute atomic E-state index is 0.000758. The van der Waals surface area contributed by atoms with Gasteiger partial charge in [0.15, 0.2) is 0 Å². The molecule has 2 fully saturated rings. The van der Waals surface area contributed by atoms with Gasteiger partial charge >= 0.3 is 0 Å². The summed E-state index contributed by atoms with van der Waals surface area (Å²) in [6.07, 6.45) is 2.01. The van der Waals surface area contributed by atoms with Crippen LogP contribution >= 0.6 is 0 Å². The summed E-state index contributed by atoms with van der Waals surface area (Å²) in [5, 5.41) is 5.52. The Labute approximate surface area is 156 Å². The van der Waals surface area contributed by atoms with Crippen molar-refractivity contribution in [2.75, 3.05) is 31.5 Å². The Morgan fingerprint density at radius 1 is 0.926 bits per heavy atom. The maximum atomic E-state index is 12.8. The number of carbonyl (C=O) groups excluding carboxylic acids is 4. The number of piperazine rings is 1. The summed E-state index contributed by atoms with van der Waals surface area (Å²) in [7, 11) is 0. The zero-order chi connectivity index (χ0) is 19.0. The minimum Gasteiger partial charge on any atom is -0.344 e. The van der Waals surface area contributed by atoms with Crippen LogP contribution in [0, 0.1) is 0 Å². The van der Waals surface area contributed by atoms with Crippen LogP contribution in [0.4, 0.5) is 5.69 Å². The van der Waals surface area contributed by atoms with Crippen molar-refractivity contribution in [3.63, 3.8) is 0 Å². The second-order valence-electron chi connectivity index (χ2n) is 7.20. The second kappa shape index (κ2) is 7.02. The Kier molecular flexibility index (Phi) is 4.55. The minimum atomic E-state index is -0.421. The van der Waals surface area contributed by atoms with Crippen LogP contribution in [0.5, 0.6) is 0 Å². The number of fused-ring (bicyclic) bond motifs is 1. The Bertz CT molecular complexity index is 814. The van der Waals surface area contributed by atoms with E-state index >= 15 is 0 Å². The molecule has 2 saturated heterocycles. The first-order chi connectivity index (χ1) is 13.0. The van der Waals surface area contributed by atoms with Crippen LogP contribution in [-0.2, 0) is 20.8 Å².